The lowest BCUT2D eigenvalue weighted by Crippen LogP contribution is -2.47. The zero-order chi connectivity index (χ0) is 20.0. The van der Waals surface area contributed by atoms with Gasteiger partial charge in [0.05, 0.1) is 31.1 Å². The molecule has 0 bridgehead atoms. The van der Waals surface area contributed by atoms with Gasteiger partial charge in [0.1, 0.15) is 5.75 Å². The van der Waals surface area contributed by atoms with Gasteiger partial charge in [-0.05, 0) is 37.1 Å². The van der Waals surface area contributed by atoms with E-state index in [9.17, 15) is 13.2 Å². The molecule has 0 aromatic heterocycles. The third-order valence-electron chi connectivity index (χ3n) is 5.28. The van der Waals surface area contributed by atoms with Crippen LogP contribution in [0.3, 0.4) is 0 Å². The van der Waals surface area contributed by atoms with Gasteiger partial charge in [-0.2, -0.15) is 4.31 Å². The number of carbonyl (C=O) groups excluding carboxylic acids is 1. The zero-order valence-corrected chi connectivity index (χ0v) is 17.1. The Hall–Kier alpha value is -1.68. The van der Waals surface area contributed by atoms with Crippen molar-refractivity contribution in [3.63, 3.8) is 0 Å². The van der Waals surface area contributed by atoms with Crippen LogP contribution in [-0.4, -0.2) is 83.1 Å². The van der Waals surface area contributed by atoms with E-state index in [0.717, 1.165) is 32.8 Å². The average Bonchev–Trinajstić information content (AvgIpc) is 2.74. The average molecular weight is 412 g/mol. The highest BCUT2D eigenvalue weighted by molar-refractivity contribution is 7.89. The number of nitrogens with zero attached hydrogens (tertiary/aromatic N) is 2. The molecule has 0 aliphatic carbocycles. The number of carbonyl (C=O) groups is 1. The van der Waals surface area contributed by atoms with Gasteiger partial charge < -0.3 is 14.8 Å². The molecule has 1 N–H and O–H groups in total. The van der Waals surface area contributed by atoms with Crippen LogP contribution >= 0.6 is 0 Å². The molecule has 1 amide bonds. The fourth-order valence-corrected chi connectivity index (χ4v) is 5.10. The molecule has 0 unspecified atom stereocenters. The van der Waals surface area contributed by atoms with Crippen LogP contribution in [0.1, 0.15) is 12.8 Å². The molecule has 2 saturated heterocycles. The summed E-state index contributed by atoms with van der Waals surface area (Å²) < 4.78 is 37.6. The molecule has 2 heterocycles. The van der Waals surface area contributed by atoms with Gasteiger partial charge in [-0.25, -0.2) is 8.42 Å². The van der Waals surface area contributed by atoms with Gasteiger partial charge in [0, 0.05) is 39.3 Å². The second-order valence-corrected chi connectivity index (χ2v) is 9.06. The van der Waals surface area contributed by atoms with Gasteiger partial charge in [-0.1, -0.05) is 0 Å². The molecule has 28 heavy (non-hydrogen) atoms. The molecule has 2 fully saturated rings. The van der Waals surface area contributed by atoms with Gasteiger partial charge in [0.15, 0.2) is 0 Å². The van der Waals surface area contributed by atoms with Gasteiger partial charge in [-0.3, -0.25) is 9.69 Å². The summed E-state index contributed by atoms with van der Waals surface area (Å²) in [5.41, 5.74) is 0. The number of methoxy groups -OCH3 is 1. The normalized spacial score (nSPS) is 22.0. The number of benzene rings is 1. The summed E-state index contributed by atoms with van der Waals surface area (Å²) in [7, 11) is -2.08. The molecular weight excluding hydrogens is 382 g/mol. The van der Waals surface area contributed by atoms with Crippen molar-refractivity contribution in [3.8, 4) is 5.75 Å². The highest BCUT2D eigenvalue weighted by Crippen LogP contribution is 2.25. The summed E-state index contributed by atoms with van der Waals surface area (Å²) in [5, 5.41) is 2.97. The van der Waals surface area contributed by atoms with Crippen molar-refractivity contribution in [1.82, 2.24) is 14.5 Å². The van der Waals surface area contributed by atoms with Crippen LogP contribution in [0.5, 0.6) is 5.75 Å². The summed E-state index contributed by atoms with van der Waals surface area (Å²) in [5.74, 6) is 0.226. The highest BCUT2D eigenvalue weighted by Gasteiger charge is 2.33. The van der Waals surface area contributed by atoms with Crippen LogP contribution in [0.15, 0.2) is 29.2 Å². The number of amides is 1. The molecule has 1 aromatic carbocycles. The predicted molar refractivity (Wildman–Crippen MR) is 105 cm³/mol. The predicted octanol–water partition coefficient (Wildman–Crippen LogP) is 0.544. The number of hydrogen-bond donors (Lipinski definition) is 1. The van der Waals surface area contributed by atoms with Gasteiger partial charge in [0.25, 0.3) is 0 Å². The minimum Gasteiger partial charge on any atom is -0.497 e. The molecule has 0 radical (unpaired) electrons. The van der Waals surface area contributed by atoms with E-state index in [0.29, 0.717) is 31.7 Å². The van der Waals surface area contributed by atoms with Crippen molar-refractivity contribution in [2.75, 3.05) is 59.6 Å². The van der Waals surface area contributed by atoms with E-state index >= 15 is 0 Å². The Morgan fingerprint density at radius 1 is 1.21 bits per heavy atom. The first-order valence-corrected chi connectivity index (χ1v) is 11.2. The molecule has 2 aliphatic heterocycles. The number of rotatable bonds is 7. The highest BCUT2D eigenvalue weighted by atomic mass is 32.2. The largest absolute Gasteiger partial charge is 0.497 e. The third kappa shape index (κ3) is 5.22. The van der Waals surface area contributed by atoms with Crippen LogP contribution in [0.25, 0.3) is 0 Å². The first-order chi connectivity index (χ1) is 13.5. The summed E-state index contributed by atoms with van der Waals surface area (Å²) >= 11 is 0. The van der Waals surface area contributed by atoms with E-state index in [1.807, 2.05) is 0 Å². The summed E-state index contributed by atoms with van der Waals surface area (Å²) in [6, 6.07) is 6.35. The lowest BCUT2D eigenvalue weighted by molar-refractivity contribution is -0.126. The Morgan fingerprint density at radius 2 is 1.93 bits per heavy atom. The lowest BCUT2D eigenvalue weighted by Gasteiger charge is -2.31. The van der Waals surface area contributed by atoms with Crippen LogP contribution in [-0.2, 0) is 19.6 Å². The molecule has 0 spiro atoms. The number of nitrogens with one attached hydrogen (secondary N) is 1. The Kier molecular flexibility index (Phi) is 7.28. The van der Waals surface area contributed by atoms with Crippen molar-refractivity contribution < 1.29 is 22.7 Å². The standard InChI is InChI=1S/C19H29N3O5S/c1-26-17-4-6-18(7-5-17)28(24,25)22-9-2-3-16(15-22)19(23)20-8-10-21-11-13-27-14-12-21/h4-7,16H,2-3,8-15H2,1H3,(H,20,23)/t16-/m0/s1. The van der Waals surface area contributed by atoms with E-state index in [-0.39, 0.29) is 23.3 Å². The maximum atomic E-state index is 12.9. The molecule has 8 nitrogen and oxygen atoms in total. The Morgan fingerprint density at radius 3 is 2.61 bits per heavy atom. The topological polar surface area (TPSA) is 88.2 Å². The molecule has 2 aliphatic rings. The van der Waals surface area contributed by atoms with Crippen LogP contribution < -0.4 is 10.1 Å². The quantitative estimate of drug-likeness (QED) is 0.705. The molecule has 156 valence electrons. The molecule has 1 atom stereocenters. The van der Waals surface area contributed by atoms with Crippen LogP contribution in [0.4, 0.5) is 0 Å². The summed E-state index contributed by atoms with van der Waals surface area (Å²) in [6.07, 6.45) is 1.38. The van der Waals surface area contributed by atoms with E-state index in [1.165, 1.54) is 11.4 Å². The Labute approximate surface area is 166 Å². The van der Waals surface area contributed by atoms with Gasteiger partial charge in [-0.15, -0.1) is 0 Å². The van der Waals surface area contributed by atoms with Gasteiger partial charge >= 0.3 is 0 Å². The zero-order valence-electron chi connectivity index (χ0n) is 16.3. The van der Waals surface area contributed by atoms with Crippen molar-refractivity contribution in [3.05, 3.63) is 24.3 Å². The minimum absolute atomic E-state index is 0.0668. The number of ether oxygens (including phenoxy) is 2. The van der Waals surface area contributed by atoms with Crippen molar-refractivity contribution >= 4 is 15.9 Å². The SMILES string of the molecule is COc1ccc(S(=O)(=O)N2CCC[C@H](C(=O)NCCN3CCOCC3)C2)cc1. The maximum absolute atomic E-state index is 12.9. The lowest BCUT2D eigenvalue weighted by atomic mass is 9.99. The molecule has 3 rings (SSSR count). The second kappa shape index (κ2) is 9.69. The first kappa shape index (κ1) is 21.0. The molecule has 1 aromatic rings. The van der Waals surface area contributed by atoms with E-state index < -0.39 is 10.0 Å². The Balaban J connectivity index is 1.54. The monoisotopic (exact) mass is 411 g/mol. The Bertz CT molecular complexity index is 747. The number of hydrogen-bond acceptors (Lipinski definition) is 6. The molecule has 0 saturated carbocycles. The molecule has 9 heteroatoms. The number of morpholine rings is 1. The van der Waals surface area contributed by atoms with Crippen LogP contribution in [0.2, 0.25) is 0 Å². The number of sulfonamides is 1. The van der Waals surface area contributed by atoms with E-state index in [4.69, 9.17) is 9.47 Å². The van der Waals surface area contributed by atoms with Crippen molar-refractivity contribution in [2.24, 2.45) is 5.92 Å². The number of piperidine rings is 1. The van der Waals surface area contributed by atoms with E-state index in [2.05, 4.69) is 10.2 Å². The third-order valence-corrected chi connectivity index (χ3v) is 7.16. The summed E-state index contributed by atoms with van der Waals surface area (Å²) in [4.78, 5) is 15.0. The van der Waals surface area contributed by atoms with Crippen LogP contribution in [0, 0.1) is 5.92 Å². The fourth-order valence-electron chi connectivity index (χ4n) is 3.58. The maximum Gasteiger partial charge on any atom is 0.243 e. The fraction of sp³-hybridized carbons (Fsp3) is 0.632. The van der Waals surface area contributed by atoms with Gasteiger partial charge in [0.2, 0.25) is 15.9 Å². The smallest absolute Gasteiger partial charge is 0.243 e. The second-order valence-electron chi connectivity index (χ2n) is 7.12. The van der Waals surface area contributed by atoms with E-state index in [1.54, 1.807) is 24.3 Å². The first-order valence-electron chi connectivity index (χ1n) is 9.73. The molecular formula is C19H29N3O5S. The van der Waals surface area contributed by atoms with Crippen molar-refractivity contribution in [1.29, 1.82) is 0 Å². The minimum atomic E-state index is -3.62. The summed E-state index contributed by atoms with van der Waals surface area (Å²) in [6.45, 7) is 5.24. The van der Waals surface area contributed by atoms with Crippen molar-refractivity contribution in [2.45, 2.75) is 17.7 Å².